The van der Waals surface area contributed by atoms with Gasteiger partial charge in [-0.1, -0.05) is 6.07 Å². The van der Waals surface area contributed by atoms with Crippen LogP contribution in [0.2, 0.25) is 0 Å². The zero-order chi connectivity index (χ0) is 19.0. The van der Waals surface area contributed by atoms with Crippen LogP contribution in [0.1, 0.15) is 38.6 Å². The van der Waals surface area contributed by atoms with E-state index in [4.69, 9.17) is 9.47 Å². The molecule has 0 bridgehead atoms. The van der Waals surface area contributed by atoms with E-state index < -0.39 is 0 Å². The second kappa shape index (κ2) is 7.25. The van der Waals surface area contributed by atoms with Gasteiger partial charge in [-0.25, -0.2) is 4.98 Å². The number of aromatic nitrogens is 2. The smallest absolute Gasteiger partial charge is 0.266 e. The fourth-order valence-electron chi connectivity index (χ4n) is 3.54. The standard InChI is InChI=1S/C20H21N3O3S/c1-11-16-19(26-3)22-15(10-25-2)23-20(16)27-17(11)18(24)21-14-8-7-12-5-4-6-13(12)9-14/h7-9H,4-6,10H2,1-3H3,(H,21,24). The molecule has 1 amide bonds. The number of carbonyl (C=O) groups is 1. The summed E-state index contributed by atoms with van der Waals surface area (Å²) in [6.07, 6.45) is 3.39. The molecule has 4 rings (SSSR count). The van der Waals surface area contributed by atoms with Crippen LogP contribution in [0.4, 0.5) is 5.69 Å². The molecule has 1 aliphatic carbocycles. The highest BCUT2D eigenvalue weighted by Gasteiger charge is 2.21. The molecule has 3 aromatic rings. The van der Waals surface area contributed by atoms with Gasteiger partial charge in [-0.3, -0.25) is 4.79 Å². The van der Waals surface area contributed by atoms with Gasteiger partial charge < -0.3 is 14.8 Å². The molecule has 7 heteroatoms. The van der Waals surface area contributed by atoms with Crippen molar-refractivity contribution < 1.29 is 14.3 Å². The minimum absolute atomic E-state index is 0.135. The van der Waals surface area contributed by atoms with Gasteiger partial charge in [0.05, 0.1) is 17.4 Å². The molecule has 0 unspecified atom stereocenters. The summed E-state index contributed by atoms with van der Waals surface area (Å²) in [5.41, 5.74) is 4.37. The van der Waals surface area contributed by atoms with E-state index >= 15 is 0 Å². The average Bonchev–Trinajstić information content (AvgIpc) is 3.25. The summed E-state index contributed by atoms with van der Waals surface area (Å²) in [7, 11) is 3.16. The topological polar surface area (TPSA) is 73.3 Å². The molecule has 0 saturated heterocycles. The summed E-state index contributed by atoms with van der Waals surface area (Å²) < 4.78 is 10.5. The van der Waals surface area contributed by atoms with Gasteiger partial charge in [0, 0.05) is 12.8 Å². The van der Waals surface area contributed by atoms with Crippen molar-refractivity contribution in [2.45, 2.75) is 32.8 Å². The molecule has 0 saturated carbocycles. The first kappa shape index (κ1) is 17.9. The predicted octanol–water partition coefficient (Wildman–Crippen LogP) is 3.90. The number of nitrogens with zero attached hydrogens (tertiary/aromatic N) is 2. The Morgan fingerprint density at radius 3 is 2.81 bits per heavy atom. The number of carbonyl (C=O) groups excluding carboxylic acids is 1. The Kier molecular flexibility index (Phi) is 4.80. The zero-order valence-corrected chi connectivity index (χ0v) is 16.4. The Bertz CT molecular complexity index is 1030. The molecule has 27 heavy (non-hydrogen) atoms. The van der Waals surface area contributed by atoms with Gasteiger partial charge in [-0.2, -0.15) is 4.98 Å². The molecule has 0 fully saturated rings. The van der Waals surface area contributed by atoms with Gasteiger partial charge in [0.15, 0.2) is 5.82 Å². The summed E-state index contributed by atoms with van der Waals surface area (Å²) >= 11 is 1.35. The van der Waals surface area contributed by atoms with Gasteiger partial charge in [0.1, 0.15) is 11.4 Å². The molecule has 2 heterocycles. The molecule has 1 N–H and O–H groups in total. The van der Waals surface area contributed by atoms with E-state index in [1.807, 2.05) is 13.0 Å². The summed E-state index contributed by atoms with van der Waals surface area (Å²) in [4.78, 5) is 23.1. The van der Waals surface area contributed by atoms with Crippen LogP contribution in [0.25, 0.3) is 10.2 Å². The number of nitrogens with one attached hydrogen (secondary N) is 1. The van der Waals surface area contributed by atoms with Crippen LogP contribution < -0.4 is 10.1 Å². The summed E-state index contributed by atoms with van der Waals surface area (Å²) in [5, 5.41) is 3.80. The number of thiophene rings is 1. The Hall–Kier alpha value is -2.51. The number of benzene rings is 1. The first-order valence-electron chi connectivity index (χ1n) is 8.86. The lowest BCUT2D eigenvalue weighted by atomic mass is 10.1. The molecule has 0 atom stereocenters. The van der Waals surface area contributed by atoms with Gasteiger partial charge in [0.25, 0.3) is 5.91 Å². The van der Waals surface area contributed by atoms with E-state index in [2.05, 4.69) is 27.4 Å². The van der Waals surface area contributed by atoms with Crippen molar-refractivity contribution in [3.63, 3.8) is 0 Å². The minimum atomic E-state index is -0.135. The third-order valence-corrected chi connectivity index (χ3v) is 6.02. The van der Waals surface area contributed by atoms with Gasteiger partial charge in [-0.05, 0) is 55.0 Å². The van der Waals surface area contributed by atoms with Crippen molar-refractivity contribution in [3.05, 3.63) is 45.6 Å². The highest BCUT2D eigenvalue weighted by Crippen LogP contribution is 2.35. The highest BCUT2D eigenvalue weighted by atomic mass is 32.1. The minimum Gasteiger partial charge on any atom is -0.480 e. The maximum absolute atomic E-state index is 12.9. The molecule has 1 aromatic carbocycles. The van der Waals surface area contributed by atoms with Crippen LogP contribution in [0, 0.1) is 6.92 Å². The number of fused-ring (bicyclic) bond motifs is 2. The molecule has 1 aliphatic rings. The molecule has 0 aliphatic heterocycles. The number of ether oxygens (including phenoxy) is 2. The monoisotopic (exact) mass is 383 g/mol. The number of methoxy groups -OCH3 is 2. The van der Waals surface area contributed by atoms with Crippen molar-refractivity contribution in [3.8, 4) is 5.88 Å². The van der Waals surface area contributed by atoms with Crippen molar-refractivity contribution >= 4 is 33.1 Å². The van der Waals surface area contributed by atoms with Gasteiger partial charge in [0.2, 0.25) is 5.88 Å². The van der Waals surface area contributed by atoms with Crippen LogP contribution in [0.15, 0.2) is 18.2 Å². The lowest BCUT2D eigenvalue weighted by molar-refractivity contribution is 0.103. The predicted molar refractivity (Wildman–Crippen MR) is 106 cm³/mol. The summed E-state index contributed by atoms with van der Waals surface area (Å²) in [6.45, 7) is 2.19. The first-order valence-corrected chi connectivity index (χ1v) is 9.68. The average molecular weight is 383 g/mol. The lowest BCUT2D eigenvalue weighted by Crippen LogP contribution is -2.11. The zero-order valence-electron chi connectivity index (χ0n) is 15.6. The third-order valence-electron chi connectivity index (χ3n) is 4.83. The first-order chi connectivity index (χ1) is 13.1. The van der Waals surface area contributed by atoms with Crippen LogP contribution in [-0.4, -0.2) is 30.1 Å². The maximum Gasteiger partial charge on any atom is 0.266 e. The van der Waals surface area contributed by atoms with Crippen LogP contribution in [-0.2, 0) is 24.2 Å². The maximum atomic E-state index is 12.9. The van der Waals surface area contributed by atoms with E-state index in [-0.39, 0.29) is 5.91 Å². The van der Waals surface area contributed by atoms with Gasteiger partial charge >= 0.3 is 0 Å². The van der Waals surface area contributed by atoms with Gasteiger partial charge in [-0.15, -0.1) is 11.3 Å². The summed E-state index contributed by atoms with van der Waals surface area (Å²) in [6, 6.07) is 6.17. The molecular weight excluding hydrogens is 362 g/mol. The van der Waals surface area contributed by atoms with Crippen LogP contribution in [0.5, 0.6) is 5.88 Å². The number of anilines is 1. The Balaban J connectivity index is 1.68. The van der Waals surface area contributed by atoms with Crippen molar-refractivity contribution in [1.29, 1.82) is 0 Å². The quantitative estimate of drug-likeness (QED) is 0.723. The van der Waals surface area contributed by atoms with Crippen molar-refractivity contribution in [1.82, 2.24) is 9.97 Å². The Morgan fingerprint density at radius 2 is 2.04 bits per heavy atom. The van der Waals surface area contributed by atoms with E-state index in [9.17, 15) is 4.79 Å². The van der Waals surface area contributed by atoms with Crippen LogP contribution >= 0.6 is 11.3 Å². The van der Waals surface area contributed by atoms with Crippen LogP contribution in [0.3, 0.4) is 0 Å². The molecule has 0 spiro atoms. The fourth-order valence-corrected chi connectivity index (χ4v) is 4.63. The second-order valence-corrected chi connectivity index (χ2v) is 7.61. The SMILES string of the molecule is COCc1nc(OC)c2c(C)c(C(=O)Nc3ccc4c(c3)CCC4)sc2n1. The third kappa shape index (κ3) is 3.28. The van der Waals surface area contributed by atoms with E-state index in [1.54, 1.807) is 14.2 Å². The molecule has 140 valence electrons. The fraction of sp³-hybridized carbons (Fsp3) is 0.350. The van der Waals surface area contributed by atoms with Crippen molar-refractivity contribution in [2.24, 2.45) is 0 Å². The second-order valence-electron chi connectivity index (χ2n) is 6.61. The summed E-state index contributed by atoms with van der Waals surface area (Å²) in [5.74, 6) is 0.870. The number of hydrogen-bond donors (Lipinski definition) is 1. The molecule has 0 radical (unpaired) electrons. The molecular formula is C20H21N3O3S. The molecule has 6 nitrogen and oxygen atoms in total. The largest absolute Gasteiger partial charge is 0.480 e. The number of rotatable bonds is 5. The number of amides is 1. The Labute approximate surface area is 161 Å². The lowest BCUT2D eigenvalue weighted by Gasteiger charge is -2.07. The van der Waals surface area contributed by atoms with E-state index in [0.717, 1.165) is 34.3 Å². The van der Waals surface area contributed by atoms with Crippen molar-refractivity contribution in [2.75, 3.05) is 19.5 Å². The number of hydrogen-bond acceptors (Lipinski definition) is 6. The van der Waals surface area contributed by atoms with E-state index in [1.165, 1.54) is 28.9 Å². The highest BCUT2D eigenvalue weighted by molar-refractivity contribution is 7.20. The normalized spacial score (nSPS) is 13.0. The molecule has 2 aromatic heterocycles. The van der Waals surface area contributed by atoms with E-state index in [0.29, 0.717) is 23.2 Å². The number of aryl methyl sites for hydroxylation is 3. The Morgan fingerprint density at radius 1 is 1.22 bits per heavy atom.